The molecule has 0 N–H and O–H groups in total. The summed E-state index contributed by atoms with van der Waals surface area (Å²) in [5, 5.41) is 0. The van der Waals surface area contributed by atoms with Crippen molar-refractivity contribution in [3.05, 3.63) is 60.9 Å². The fourth-order valence-corrected chi connectivity index (χ4v) is 4.43. The van der Waals surface area contributed by atoms with Crippen LogP contribution in [0.2, 0.25) is 0 Å². The summed E-state index contributed by atoms with van der Waals surface area (Å²) in [6.45, 7) is 0.704. The number of hydrogen-bond acceptors (Lipinski definition) is 6. The summed E-state index contributed by atoms with van der Waals surface area (Å²) in [6, 6.07) is 17.7. The molecule has 7 heteroatoms. The second-order valence-electron chi connectivity index (χ2n) is 7.44. The zero-order chi connectivity index (χ0) is 20.7. The van der Waals surface area contributed by atoms with E-state index in [1.807, 2.05) is 46.2 Å². The molecule has 2 saturated heterocycles. The molecule has 2 aliphatic rings. The third-order valence-electron chi connectivity index (χ3n) is 5.84. The van der Waals surface area contributed by atoms with Crippen molar-refractivity contribution < 1.29 is 14.3 Å². The predicted molar refractivity (Wildman–Crippen MR) is 114 cm³/mol. The molecule has 0 unspecified atom stereocenters. The van der Waals surface area contributed by atoms with Gasteiger partial charge in [-0.3, -0.25) is 4.79 Å². The lowest BCUT2D eigenvalue weighted by molar-refractivity contribution is -0.118. The Kier molecular flexibility index (Phi) is 4.50. The van der Waals surface area contributed by atoms with Gasteiger partial charge in [0.2, 0.25) is 11.8 Å². The first-order chi connectivity index (χ1) is 14.7. The molecule has 5 rings (SSSR count). The van der Waals surface area contributed by atoms with Crippen LogP contribution in [-0.2, 0) is 4.79 Å². The third-order valence-corrected chi connectivity index (χ3v) is 5.84. The number of hydrogen-bond donors (Lipinski definition) is 0. The van der Waals surface area contributed by atoms with E-state index < -0.39 is 0 Å². The molecule has 2 aliphatic heterocycles. The first-order valence-corrected chi connectivity index (χ1v) is 9.89. The van der Waals surface area contributed by atoms with Gasteiger partial charge in [0.05, 0.1) is 25.9 Å². The first kappa shape index (κ1) is 18.4. The molecule has 2 atom stereocenters. The van der Waals surface area contributed by atoms with Crippen molar-refractivity contribution in [2.45, 2.75) is 18.5 Å². The summed E-state index contributed by atoms with van der Waals surface area (Å²) in [7, 11) is 3.21. The van der Waals surface area contributed by atoms with Gasteiger partial charge in [0.15, 0.2) is 0 Å². The fraction of sp³-hybridized carbons (Fsp3) is 0.261. The monoisotopic (exact) mass is 402 g/mol. The summed E-state index contributed by atoms with van der Waals surface area (Å²) in [5.41, 5.74) is 2.98. The maximum absolute atomic E-state index is 13.4. The Morgan fingerprint density at radius 2 is 1.80 bits per heavy atom. The molecule has 2 aromatic carbocycles. The van der Waals surface area contributed by atoms with Crippen molar-refractivity contribution in [3.63, 3.8) is 0 Å². The van der Waals surface area contributed by atoms with E-state index in [1.165, 1.54) is 6.33 Å². The normalized spacial score (nSPS) is 20.0. The lowest BCUT2D eigenvalue weighted by atomic mass is 10.0. The Balaban J connectivity index is 1.48. The summed E-state index contributed by atoms with van der Waals surface area (Å²) < 4.78 is 10.8. The fourth-order valence-electron chi connectivity index (χ4n) is 4.43. The van der Waals surface area contributed by atoms with E-state index in [4.69, 9.17) is 9.47 Å². The molecule has 0 radical (unpaired) electrons. The van der Waals surface area contributed by atoms with Gasteiger partial charge >= 0.3 is 0 Å². The van der Waals surface area contributed by atoms with Crippen LogP contribution in [-0.4, -0.2) is 48.7 Å². The van der Waals surface area contributed by atoms with Gasteiger partial charge in [0.25, 0.3) is 0 Å². The minimum atomic E-state index is -0.250. The van der Waals surface area contributed by atoms with Crippen molar-refractivity contribution in [1.29, 1.82) is 0 Å². The van der Waals surface area contributed by atoms with E-state index in [9.17, 15) is 4.79 Å². The largest absolute Gasteiger partial charge is 0.495 e. The second kappa shape index (κ2) is 7.33. The number of piperazine rings is 1. The predicted octanol–water partition coefficient (Wildman–Crippen LogP) is 3.15. The van der Waals surface area contributed by atoms with E-state index >= 15 is 0 Å². The molecule has 30 heavy (non-hydrogen) atoms. The van der Waals surface area contributed by atoms with Gasteiger partial charge in [0.1, 0.15) is 23.9 Å². The van der Waals surface area contributed by atoms with Gasteiger partial charge in [-0.15, -0.1) is 0 Å². The SMILES string of the molecule is COc1cc(N2C[C@@H]3C[C@H]2C(=O)N3c2cc(-c3ccccc3)ccc2OC)ncn1. The highest BCUT2D eigenvalue weighted by Gasteiger charge is 2.51. The van der Waals surface area contributed by atoms with Gasteiger partial charge in [-0.05, 0) is 29.7 Å². The van der Waals surface area contributed by atoms with Crippen LogP contribution in [0.1, 0.15) is 6.42 Å². The molecule has 7 nitrogen and oxygen atoms in total. The Bertz CT molecular complexity index is 1090. The minimum Gasteiger partial charge on any atom is -0.495 e. The van der Waals surface area contributed by atoms with Gasteiger partial charge < -0.3 is 19.3 Å². The quantitative estimate of drug-likeness (QED) is 0.653. The van der Waals surface area contributed by atoms with Crippen molar-refractivity contribution in [3.8, 4) is 22.8 Å². The number of fused-ring (bicyclic) bond motifs is 2. The maximum Gasteiger partial charge on any atom is 0.250 e. The second-order valence-corrected chi connectivity index (χ2v) is 7.44. The van der Waals surface area contributed by atoms with Crippen LogP contribution >= 0.6 is 0 Å². The zero-order valence-electron chi connectivity index (χ0n) is 16.9. The highest BCUT2D eigenvalue weighted by Crippen LogP contribution is 2.42. The van der Waals surface area contributed by atoms with Crippen molar-refractivity contribution in [2.24, 2.45) is 0 Å². The summed E-state index contributed by atoms with van der Waals surface area (Å²) >= 11 is 0. The Labute approximate surface area is 174 Å². The van der Waals surface area contributed by atoms with Gasteiger partial charge in [-0.2, -0.15) is 0 Å². The van der Waals surface area contributed by atoms with Crippen molar-refractivity contribution in [1.82, 2.24) is 9.97 Å². The molecule has 2 bridgehead atoms. The minimum absolute atomic E-state index is 0.0587. The molecule has 152 valence electrons. The number of amides is 1. The number of aromatic nitrogens is 2. The summed E-state index contributed by atoms with van der Waals surface area (Å²) in [5.74, 6) is 1.97. The van der Waals surface area contributed by atoms with Crippen LogP contribution in [0.15, 0.2) is 60.9 Å². The molecular formula is C23H22N4O3. The number of carbonyl (C=O) groups excluding carboxylic acids is 1. The maximum atomic E-state index is 13.4. The van der Waals surface area contributed by atoms with E-state index in [1.54, 1.807) is 20.3 Å². The van der Waals surface area contributed by atoms with Crippen LogP contribution < -0.4 is 19.3 Å². The van der Waals surface area contributed by atoms with Crippen LogP contribution in [0.5, 0.6) is 11.6 Å². The Morgan fingerprint density at radius 1 is 0.967 bits per heavy atom. The number of methoxy groups -OCH3 is 2. The van der Waals surface area contributed by atoms with E-state index in [-0.39, 0.29) is 18.0 Å². The molecular weight excluding hydrogens is 380 g/mol. The Hall–Kier alpha value is -3.61. The number of carbonyl (C=O) groups is 1. The number of anilines is 2. The standard InChI is InChI=1S/C23H22N4O3/c1-29-20-9-8-16(15-6-4-3-5-7-15)10-18(20)27-17-11-19(23(27)28)26(13-17)21-12-22(30-2)25-14-24-21/h3-10,12,14,17,19H,11,13H2,1-2H3/t17-,19-/m0/s1. The number of ether oxygens (including phenoxy) is 2. The molecule has 0 saturated carbocycles. The number of benzene rings is 2. The van der Waals surface area contributed by atoms with Gasteiger partial charge in [-0.25, -0.2) is 9.97 Å². The molecule has 0 spiro atoms. The molecule has 1 amide bonds. The summed E-state index contributed by atoms with van der Waals surface area (Å²) in [4.78, 5) is 25.7. The molecule has 0 aliphatic carbocycles. The first-order valence-electron chi connectivity index (χ1n) is 9.89. The van der Waals surface area contributed by atoms with E-state index in [2.05, 4.69) is 22.1 Å². The highest BCUT2D eigenvalue weighted by molar-refractivity contribution is 6.05. The number of rotatable bonds is 5. The van der Waals surface area contributed by atoms with E-state index in [0.29, 0.717) is 24.0 Å². The van der Waals surface area contributed by atoms with E-state index in [0.717, 1.165) is 23.2 Å². The number of nitrogens with zero attached hydrogens (tertiary/aromatic N) is 4. The summed E-state index contributed by atoms with van der Waals surface area (Å²) in [6.07, 6.45) is 2.22. The van der Waals surface area contributed by atoms with Gasteiger partial charge in [-0.1, -0.05) is 36.4 Å². The van der Waals surface area contributed by atoms with Crippen LogP contribution in [0.3, 0.4) is 0 Å². The van der Waals surface area contributed by atoms with Crippen molar-refractivity contribution >= 4 is 17.4 Å². The van der Waals surface area contributed by atoms with Crippen LogP contribution in [0.4, 0.5) is 11.5 Å². The molecule has 1 aromatic heterocycles. The Morgan fingerprint density at radius 3 is 2.53 bits per heavy atom. The molecule has 2 fully saturated rings. The average Bonchev–Trinajstić information content (AvgIpc) is 3.37. The average molecular weight is 402 g/mol. The highest BCUT2D eigenvalue weighted by atomic mass is 16.5. The lowest BCUT2D eigenvalue weighted by Crippen LogP contribution is -2.51. The van der Waals surface area contributed by atoms with Crippen LogP contribution in [0.25, 0.3) is 11.1 Å². The topological polar surface area (TPSA) is 67.8 Å². The molecule has 3 heterocycles. The molecule has 3 aromatic rings. The smallest absolute Gasteiger partial charge is 0.250 e. The van der Waals surface area contributed by atoms with Gasteiger partial charge in [0, 0.05) is 12.6 Å². The third kappa shape index (κ3) is 2.94. The van der Waals surface area contributed by atoms with Crippen molar-refractivity contribution in [2.75, 3.05) is 30.6 Å². The lowest BCUT2D eigenvalue weighted by Gasteiger charge is -2.35. The van der Waals surface area contributed by atoms with Crippen LogP contribution in [0, 0.1) is 0 Å². The zero-order valence-corrected chi connectivity index (χ0v) is 16.9.